The highest BCUT2D eigenvalue weighted by molar-refractivity contribution is 6.09. The van der Waals surface area contributed by atoms with Crippen LogP contribution in [0.4, 0.5) is 11.4 Å². The molecule has 7 rings (SSSR count). The molecule has 1 aromatic heterocycles. The second-order valence-corrected chi connectivity index (χ2v) is 9.09. The summed E-state index contributed by atoms with van der Waals surface area (Å²) in [6.07, 6.45) is 0. The van der Waals surface area contributed by atoms with Crippen molar-refractivity contribution in [1.82, 2.24) is 0 Å². The van der Waals surface area contributed by atoms with Gasteiger partial charge in [-0.05, 0) is 57.8 Å². The molecule has 0 spiro atoms. The van der Waals surface area contributed by atoms with Gasteiger partial charge in [0.15, 0.2) is 0 Å². The van der Waals surface area contributed by atoms with E-state index in [2.05, 4.69) is 127 Å². The maximum atomic E-state index is 6.24. The smallest absolute Gasteiger partial charge is 0.143 e. The van der Waals surface area contributed by atoms with Gasteiger partial charge in [-0.2, -0.15) is 0 Å². The summed E-state index contributed by atoms with van der Waals surface area (Å²) in [6, 6.07) is 46.7. The molecule has 6 aromatic carbocycles. The van der Waals surface area contributed by atoms with E-state index in [1.807, 2.05) is 12.1 Å². The van der Waals surface area contributed by atoms with Gasteiger partial charge in [0.05, 0.1) is 0 Å². The van der Waals surface area contributed by atoms with E-state index in [0.717, 1.165) is 44.4 Å². The molecule has 2 nitrogen and oxygen atoms in total. The summed E-state index contributed by atoms with van der Waals surface area (Å²) in [5.74, 6) is 0. The van der Waals surface area contributed by atoms with Crippen molar-refractivity contribution in [3.8, 4) is 22.3 Å². The zero-order valence-corrected chi connectivity index (χ0v) is 19.6. The van der Waals surface area contributed by atoms with Crippen molar-refractivity contribution in [2.45, 2.75) is 0 Å². The van der Waals surface area contributed by atoms with Crippen molar-refractivity contribution in [3.05, 3.63) is 133 Å². The molecule has 1 heterocycles. The van der Waals surface area contributed by atoms with Crippen LogP contribution in [0.2, 0.25) is 0 Å². The highest BCUT2D eigenvalue weighted by Crippen LogP contribution is 2.37. The normalized spacial score (nSPS) is 11.3. The molecule has 0 atom stereocenters. The predicted octanol–water partition coefficient (Wildman–Crippen LogP) is 9.82. The fraction of sp³-hybridized carbons (Fsp3) is 0. The van der Waals surface area contributed by atoms with Gasteiger partial charge in [0.25, 0.3) is 0 Å². The highest BCUT2D eigenvalue weighted by Gasteiger charge is 2.12. The third-order valence-electron chi connectivity index (χ3n) is 6.84. The number of para-hydroxylation sites is 2. The first kappa shape index (κ1) is 20.5. The third kappa shape index (κ3) is 3.52. The molecule has 0 aliphatic carbocycles. The molecule has 2 heteroatoms. The Morgan fingerprint density at radius 2 is 1.14 bits per heavy atom. The highest BCUT2D eigenvalue weighted by atomic mass is 16.3. The maximum absolute atomic E-state index is 6.24. The van der Waals surface area contributed by atoms with Crippen LogP contribution in [0.1, 0.15) is 0 Å². The Balaban J connectivity index is 1.25. The van der Waals surface area contributed by atoms with Gasteiger partial charge in [0, 0.05) is 27.7 Å². The minimum absolute atomic E-state index is 0.920. The van der Waals surface area contributed by atoms with Gasteiger partial charge in [0.2, 0.25) is 0 Å². The molecule has 0 bridgehead atoms. The van der Waals surface area contributed by atoms with Crippen LogP contribution < -0.4 is 5.32 Å². The Morgan fingerprint density at radius 1 is 0.444 bits per heavy atom. The van der Waals surface area contributed by atoms with Crippen LogP contribution in [0, 0.1) is 0 Å². The van der Waals surface area contributed by atoms with Crippen LogP contribution >= 0.6 is 0 Å². The van der Waals surface area contributed by atoms with E-state index < -0.39 is 0 Å². The van der Waals surface area contributed by atoms with Gasteiger partial charge in [-0.15, -0.1) is 0 Å². The number of nitrogens with one attached hydrogen (secondary N) is 1. The number of hydrogen-bond donors (Lipinski definition) is 1. The summed E-state index contributed by atoms with van der Waals surface area (Å²) in [4.78, 5) is 0. The van der Waals surface area contributed by atoms with E-state index in [1.54, 1.807) is 0 Å². The lowest BCUT2D eigenvalue weighted by Crippen LogP contribution is -1.92. The zero-order valence-electron chi connectivity index (χ0n) is 19.6. The molecule has 1 N–H and O–H groups in total. The molecule has 0 aliphatic rings. The van der Waals surface area contributed by atoms with E-state index in [1.165, 1.54) is 21.9 Å². The van der Waals surface area contributed by atoms with E-state index in [9.17, 15) is 0 Å². The minimum atomic E-state index is 0.920. The third-order valence-corrected chi connectivity index (χ3v) is 6.84. The second-order valence-electron chi connectivity index (χ2n) is 9.09. The maximum Gasteiger partial charge on any atom is 0.143 e. The number of rotatable bonds is 4. The molecular weight excluding hydrogens is 438 g/mol. The predicted molar refractivity (Wildman–Crippen MR) is 152 cm³/mol. The molecule has 7 aromatic rings. The summed E-state index contributed by atoms with van der Waals surface area (Å²) < 4.78 is 6.24. The largest absolute Gasteiger partial charge is 0.455 e. The van der Waals surface area contributed by atoms with E-state index in [-0.39, 0.29) is 0 Å². The van der Waals surface area contributed by atoms with Gasteiger partial charge in [-0.3, -0.25) is 0 Å². The van der Waals surface area contributed by atoms with Crippen molar-refractivity contribution in [2.24, 2.45) is 0 Å². The second kappa shape index (κ2) is 8.44. The fourth-order valence-corrected chi connectivity index (χ4v) is 5.11. The van der Waals surface area contributed by atoms with Crippen molar-refractivity contribution < 1.29 is 4.42 Å². The molecule has 0 fully saturated rings. The summed E-state index contributed by atoms with van der Waals surface area (Å²) >= 11 is 0. The lowest BCUT2D eigenvalue weighted by Gasteiger charge is -2.13. The van der Waals surface area contributed by atoms with Gasteiger partial charge in [-0.1, -0.05) is 103 Å². The number of furan rings is 1. The Bertz CT molecular complexity index is 1850. The van der Waals surface area contributed by atoms with E-state index in [0.29, 0.717) is 0 Å². The molecule has 36 heavy (non-hydrogen) atoms. The minimum Gasteiger partial charge on any atom is -0.455 e. The molecule has 0 amide bonds. The molecule has 0 radical (unpaired) electrons. The van der Waals surface area contributed by atoms with Gasteiger partial charge in [0.1, 0.15) is 11.2 Å². The number of anilines is 2. The van der Waals surface area contributed by atoms with Gasteiger partial charge in [-0.25, -0.2) is 0 Å². The Morgan fingerprint density at radius 3 is 2.00 bits per heavy atom. The van der Waals surface area contributed by atoms with Crippen LogP contribution in [0.5, 0.6) is 0 Å². The Labute approximate surface area is 209 Å². The summed E-state index contributed by atoms with van der Waals surface area (Å²) in [7, 11) is 0. The molecule has 170 valence electrons. The Hall–Kier alpha value is -4.82. The average Bonchev–Trinajstić information content (AvgIpc) is 3.33. The van der Waals surface area contributed by atoms with Gasteiger partial charge >= 0.3 is 0 Å². The summed E-state index contributed by atoms with van der Waals surface area (Å²) in [5, 5.41) is 8.39. The Kier molecular flexibility index (Phi) is 4.82. The van der Waals surface area contributed by atoms with Crippen LogP contribution in [-0.2, 0) is 0 Å². The summed E-state index contributed by atoms with van der Waals surface area (Å²) in [6.45, 7) is 0. The van der Waals surface area contributed by atoms with Crippen LogP contribution in [0.15, 0.2) is 138 Å². The van der Waals surface area contributed by atoms with E-state index >= 15 is 0 Å². The summed E-state index contributed by atoms with van der Waals surface area (Å²) in [5.41, 5.74) is 8.65. The molecule has 0 saturated carbocycles. The SMILES string of the molecule is c1ccc(-c2cc(Nc3ccc(-c4cccc5c4oc4ccccc45)cc3)cc3ccccc23)cc1. The molecule has 0 unspecified atom stereocenters. The molecule has 0 saturated heterocycles. The number of fused-ring (bicyclic) bond motifs is 4. The van der Waals surface area contributed by atoms with Crippen LogP contribution in [0.3, 0.4) is 0 Å². The van der Waals surface area contributed by atoms with Crippen molar-refractivity contribution >= 4 is 44.1 Å². The van der Waals surface area contributed by atoms with Crippen molar-refractivity contribution in [3.63, 3.8) is 0 Å². The standard InChI is InChI=1S/C34H23NO/c1-2-9-23(10-3-1)32-22-27(21-25-11-4-5-12-28(25)32)35-26-19-17-24(18-20-26)29-14-8-15-31-30-13-6-7-16-33(30)36-34(29)31/h1-22,35H. The first-order valence-corrected chi connectivity index (χ1v) is 12.2. The topological polar surface area (TPSA) is 25.2 Å². The van der Waals surface area contributed by atoms with E-state index in [4.69, 9.17) is 4.42 Å². The van der Waals surface area contributed by atoms with Gasteiger partial charge < -0.3 is 9.73 Å². The lowest BCUT2D eigenvalue weighted by atomic mass is 9.97. The van der Waals surface area contributed by atoms with Crippen molar-refractivity contribution in [1.29, 1.82) is 0 Å². The van der Waals surface area contributed by atoms with Crippen molar-refractivity contribution in [2.75, 3.05) is 5.32 Å². The monoisotopic (exact) mass is 461 g/mol. The zero-order chi connectivity index (χ0) is 23.9. The van der Waals surface area contributed by atoms with Crippen LogP contribution in [0.25, 0.3) is 55.0 Å². The first-order valence-electron chi connectivity index (χ1n) is 12.2. The number of benzene rings is 6. The lowest BCUT2D eigenvalue weighted by molar-refractivity contribution is 0.670. The molecule has 0 aliphatic heterocycles. The number of hydrogen-bond acceptors (Lipinski definition) is 2. The van der Waals surface area contributed by atoms with Crippen LogP contribution in [-0.4, -0.2) is 0 Å². The average molecular weight is 462 g/mol. The fourth-order valence-electron chi connectivity index (χ4n) is 5.11. The first-order chi connectivity index (χ1) is 17.8. The quantitative estimate of drug-likeness (QED) is 0.282. The molecular formula is C34H23NO.